The van der Waals surface area contributed by atoms with Crippen molar-refractivity contribution in [2.45, 2.75) is 0 Å². The van der Waals surface area contributed by atoms with Crippen LogP contribution < -0.4 is 11.2 Å². The van der Waals surface area contributed by atoms with E-state index in [4.69, 9.17) is 5.73 Å². The Morgan fingerprint density at radius 1 is 1.67 bits per heavy atom. The van der Waals surface area contributed by atoms with Crippen molar-refractivity contribution in [2.24, 2.45) is 0 Å². The van der Waals surface area contributed by atoms with Crippen LogP contribution in [0, 0.1) is 0 Å². The Bertz CT molecular complexity index is 270. The van der Waals surface area contributed by atoms with E-state index in [1.807, 2.05) is 0 Å². The minimum Gasteiger partial charge on any atom is -0.397 e. The third-order valence-electron chi connectivity index (χ3n) is 1.21. The number of hydroxylamine groups is 1. The molecule has 1 heterocycles. The minimum atomic E-state index is -0.391. The van der Waals surface area contributed by atoms with Gasteiger partial charge in [-0.1, -0.05) is 0 Å². The smallest absolute Gasteiger partial charge is 0.293 e. The number of pyridine rings is 1. The van der Waals surface area contributed by atoms with Crippen molar-refractivity contribution in [3.05, 3.63) is 24.0 Å². The molecule has 1 aromatic rings. The molecule has 0 saturated carbocycles. The lowest BCUT2D eigenvalue weighted by molar-refractivity contribution is 0.0532. The molecule has 0 aliphatic heterocycles. The molecule has 0 saturated heterocycles. The van der Waals surface area contributed by atoms with Crippen LogP contribution in [0.25, 0.3) is 0 Å². The fourth-order valence-electron chi connectivity index (χ4n) is 0.685. The number of nitrogens with one attached hydrogen (secondary N) is 1. The first-order valence-electron chi connectivity index (χ1n) is 3.29. The monoisotopic (exact) mass is 167 g/mol. The summed E-state index contributed by atoms with van der Waals surface area (Å²) in [5.74, 6) is -0.391. The quantitative estimate of drug-likeness (QED) is 0.605. The Morgan fingerprint density at radius 3 is 2.92 bits per heavy atom. The summed E-state index contributed by atoms with van der Waals surface area (Å²) in [5.41, 5.74) is 8.30. The molecule has 0 atom stereocenters. The molecule has 0 spiro atoms. The van der Waals surface area contributed by atoms with Crippen molar-refractivity contribution < 1.29 is 9.63 Å². The molecule has 0 radical (unpaired) electrons. The van der Waals surface area contributed by atoms with Gasteiger partial charge < -0.3 is 5.73 Å². The van der Waals surface area contributed by atoms with E-state index in [0.29, 0.717) is 5.69 Å². The summed E-state index contributed by atoms with van der Waals surface area (Å²) in [5, 5.41) is 0. The highest BCUT2D eigenvalue weighted by molar-refractivity contribution is 5.91. The molecule has 0 fully saturated rings. The number of carbonyl (C=O) groups is 1. The van der Waals surface area contributed by atoms with E-state index in [9.17, 15) is 4.79 Å². The summed E-state index contributed by atoms with van der Waals surface area (Å²) < 4.78 is 0. The largest absolute Gasteiger partial charge is 0.397 e. The van der Waals surface area contributed by atoms with Crippen molar-refractivity contribution in [1.82, 2.24) is 10.5 Å². The maximum Gasteiger partial charge on any atom is 0.293 e. The number of nitrogens with two attached hydrogens (primary N) is 1. The van der Waals surface area contributed by atoms with Crippen LogP contribution in [0.1, 0.15) is 10.5 Å². The van der Waals surface area contributed by atoms with Gasteiger partial charge in [0.2, 0.25) is 0 Å². The van der Waals surface area contributed by atoms with E-state index < -0.39 is 5.91 Å². The molecule has 1 amide bonds. The number of anilines is 1. The van der Waals surface area contributed by atoms with Crippen LogP contribution in [0.15, 0.2) is 18.3 Å². The van der Waals surface area contributed by atoms with Crippen LogP contribution in [0.4, 0.5) is 5.69 Å². The van der Waals surface area contributed by atoms with Gasteiger partial charge in [0.1, 0.15) is 5.69 Å². The summed E-state index contributed by atoms with van der Waals surface area (Å²) >= 11 is 0. The van der Waals surface area contributed by atoms with Crippen LogP contribution in [0.3, 0.4) is 0 Å². The number of hydrogen-bond acceptors (Lipinski definition) is 4. The number of rotatable bonds is 2. The molecule has 64 valence electrons. The van der Waals surface area contributed by atoms with Gasteiger partial charge in [0.25, 0.3) is 5.91 Å². The first-order chi connectivity index (χ1) is 5.74. The number of amides is 1. The molecule has 0 aliphatic carbocycles. The second-order valence-corrected chi connectivity index (χ2v) is 2.11. The van der Waals surface area contributed by atoms with Gasteiger partial charge in [0, 0.05) is 0 Å². The van der Waals surface area contributed by atoms with E-state index >= 15 is 0 Å². The molecule has 1 aromatic heterocycles. The lowest BCUT2D eigenvalue weighted by Gasteiger charge is -2.00. The van der Waals surface area contributed by atoms with Gasteiger partial charge in [0.05, 0.1) is 19.0 Å². The summed E-state index contributed by atoms with van der Waals surface area (Å²) in [6, 6.07) is 3.11. The van der Waals surface area contributed by atoms with Gasteiger partial charge >= 0.3 is 0 Å². The van der Waals surface area contributed by atoms with Crippen molar-refractivity contribution in [3.8, 4) is 0 Å². The zero-order valence-corrected chi connectivity index (χ0v) is 6.57. The molecule has 5 nitrogen and oxygen atoms in total. The lowest BCUT2D eigenvalue weighted by atomic mass is 10.3. The van der Waals surface area contributed by atoms with Gasteiger partial charge in [-0.05, 0) is 12.1 Å². The van der Waals surface area contributed by atoms with Gasteiger partial charge in [-0.15, -0.1) is 0 Å². The van der Waals surface area contributed by atoms with Crippen LogP contribution in [0.2, 0.25) is 0 Å². The molecule has 0 unspecified atom stereocenters. The third kappa shape index (κ3) is 1.93. The maximum absolute atomic E-state index is 11.0. The maximum atomic E-state index is 11.0. The predicted octanol–water partition coefficient (Wildman–Crippen LogP) is -0.0450. The fourth-order valence-corrected chi connectivity index (χ4v) is 0.685. The third-order valence-corrected chi connectivity index (χ3v) is 1.21. The first-order valence-corrected chi connectivity index (χ1v) is 3.29. The molecule has 12 heavy (non-hydrogen) atoms. The summed E-state index contributed by atoms with van der Waals surface area (Å²) in [6.07, 6.45) is 1.41. The van der Waals surface area contributed by atoms with Crippen molar-refractivity contribution in [2.75, 3.05) is 12.8 Å². The van der Waals surface area contributed by atoms with Crippen LogP contribution in [0.5, 0.6) is 0 Å². The minimum absolute atomic E-state index is 0.269. The molecule has 5 heteroatoms. The molecule has 0 bridgehead atoms. The number of nitrogen functional groups attached to an aromatic ring is 1. The van der Waals surface area contributed by atoms with E-state index in [1.54, 1.807) is 6.07 Å². The highest BCUT2D eigenvalue weighted by Crippen LogP contribution is 2.00. The fraction of sp³-hybridized carbons (Fsp3) is 0.143. The van der Waals surface area contributed by atoms with Crippen LogP contribution in [-0.2, 0) is 4.84 Å². The summed E-state index contributed by atoms with van der Waals surface area (Å²) in [7, 11) is 1.36. The van der Waals surface area contributed by atoms with E-state index in [1.165, 1.54) is 19.4 Å². The molecular weight excluding hydrogens is 158 g/mol. The second kappa shape index (κ2) is 3.68. The number of nitrogens with zero attached hydrogens (tertiary/aromatic N) is 1. The SMILES string of the molecule is CONC(=O)c1ccc(N)cn1. The summed E-state index contributed by atoms with van der Waals surface area (Å²) in [6.45, 7) is 0. The standard InChI is InChI=1S/C7H9N3O2/c1-12-10-7(11)6-3-2-5(8)4-9-6/h2-4H,8H2,1H3,(H,10,11). The highest BCUT2D eigenvalue weighted by Gasteiger charge is 2.04. The number of aromatic nitrogens is 1. The van der Waals surface area contributed by atoms with E-state index in [0.717, 1.165) is 0 Å². The van der Waals surface area contributed by atoms with Gasteiger partial charge in [0.15, 0.2) is 0 Å². The Morgan fingerprint density at radius 2 is 2.42 bits per heavy atom. The topological polar surface area (TPSA) is 77.2 Å². The molecule has 1 rings (SSSR count). The molecule has 0 aliphatic rings. The first kappa shape index (κ1) is 8.48. The average Bonchev–Trinajstić information content (AvgIpc) is 2.06. The zero-order chi connectivity index (χ0) is 8.97. The van der Waals surface area contributed by atoms with Crippen molar-refractivity contribution in [1.29, 1.82) is 0 Å². The predicted molar refractivity (Wildman–Crippen MR) is 43.1 cm³/mol. The highest BCUT2D eigenvalue weighted by atomic mass is 16.6. The average molecular weight is 167 g/mol. The normalized spacial score (nSPS) is 9.42. The Hall–Kier alpha value is -1.62. The Labute approximate surface area is 69.5 Å². The number of carbonyl (C=O) groups excluding carboxylic acids is 1. The van der Waals surface area contributed by atoms with Crippen molar-refractivity contribution >= 4 is 11.6 Å². The van der Waals surface area contributed by atoms with Gasteiger partial charge in [-0.25, -0.2) is 10.5 Å². The van der Waals surface area contributed by atoms with Crippen LogP contribution in [-0.4, -0.2) is 18.0 Å². The zero-order valence-electron chi connectivity index (χ0n) is 6.57. The van der Waals surface area contributed by atoms with Crippen LogP contribution >= 0.6 is 0 Å². The molecule has 3 N–H and O–H groups in total. The van der Waals surface area contributed by atoms with Crippen molar-refractivity contribution in [3.63, 3.8) is 0 Å². The Balaban J connectivity index is 2.75. The second-order valence-electron chi connectivity index (χ2n) is 2.11. The van der Waals surface area contributed by atoms with Gasteiger partial charge in [-0.3, -0.25) is 9.63 Å². The number of hydrogen-bond donors (Lipinski definition) is 2. The van der Waals surface area contributed by atoms with E-state index in [-0.39, 0.29) is 5.69 Å². The molecule has 0 aromatic carbocycles. The lowest BCUT2D eigenvalue weighted by Crippen LogP contribution is -2.22. The molecular formula is C7H9N3O2. The van der Waals surface area contributed by atoms with E-state index in [2.05, 4.69) is 15.3 Å². The Kier molecular flexibility index (Phi) is 2.60. The summed E-state index contributed by atoms with van der Waals surface area (Å²) in [4.78, 5) is 19.2. The van der Waals surface area contributed by atoms with Gasteiger partial charge in [-0.2, -0.15) is 0 Å².